The molecular formula is C17H25FN2O3. The minimum absolute atomic E-state index is 0.0823. The maximum absolute atomic E-state index is 12.9. The molecule has 2 saturated heterocycles. The van der Waals surface area contributed by atoms with E-state index in [-0.39, 0.29) is 29.8 Å². The Morgan fingerprint density at radius 3 is 2.65 bits per heavy atom. The van der Waals surface area contributed by atoms with Gasteiger partial charge in [0.1, 0.15) is 6.17 Å². The summed E-state index contributed by atoms with van der Waals surface area (Å²) in [6.07, 6.45) is 3.05. The number of ether oxygens (including phenoxy) is 1. The summed E-state index contributed by atoms with van der Waals surface area (Å²) < 4.78 is 18.8. The van der Waals surface area contributed by atoms with Crippen molar-refractivity contribution in [1.29, 1.82) is 0 Å². The number of carbonyl (C=O) groups is 2. The van der Waals surface area contributed by atoms with Crippen LogP contribution in [0, 0.1) is 23.7 Å². The molecule has 2 saturated carbocycles. The molecule has 0 aromatic heterocycles. The Morgan fingerprint density at radius 2 is 1.96 bits per heavy atom. The molecule has 5 nitrogen and oxygen atoms in total. The van der Waals surface area contributed by atoms with Crippen molar-refractivity contribution in [2.75, 3.05) is 26.2 Å². The maximum Gasteiger partial charge on any atom is 0.225 e. The molecule has 128 valence electrons. The third-order valence-corrected chi connectivity index (χ3v) is 5.96. The van der Waals surface area contributed by atoms with Gasteiger partial charge in [-0.25, -0.2) is 4.39 Å². The Labute approximate surface area is 135 Å². The Hall–Kier alpha value is -1.17. The third-order valence-electron chi connectivity index (χ3n) is 5.96. The first-order chi connectivity index (χ1) is 11.1. The van der Waals surface area contributed by atoms with Crippen LogP contribution in [-0.4, -0.2) is 55.2 Å². The van der Waals surface area contributed by atoms with E-state index in [1.165, 1.54) is 0 Å². The van der Waals surface area contributed by atoms with Crippen LogP contribution in [0.2, 0.25) is 0 Å². The molecule has 0 bridgehead atoms. The van der Waals surface area contributed by atoms with Gasteiger partial charge in [-0.1, -0.05) is 0 Å². The van der Waals surface area contributed by atoms with Gasteiger partial charge in [-0.2, -0.15) is 0 Å². The lowest BCUT2D eigenvalue weighted by Gasteiger charge is -2.39. The zero-order valence-electron chi connectivity index (χ0n) is 13.4. The number of amides is 2. The second-order valence-electron chi connectivity index (χ2n) is 7.65. The second kappa shape index (κ2) is 6.04. The molecule has 0 unspecified atom stereocenters. The van der Waals surface area contributed by atoms with Crippen LogP contribution in [0.25, 0.3) is 0 Å². The average molecular weight is 324 g/mol. The minimum Gasteiger partial charge on any atom is -0.376 e. The lowest BCUT2D eigenvalue weighted by atomic mass is 9.80. The standard InChI is InChI=1S/C17H25FN2O3/c18-13-5-11(6-13)17(22)20-4-3-14-12(8-20)9-23-15(14)7-19-16(21)10-1-2-10/h10-15H,1-9H2,(H,19,21)/t11?,12-,13?,14-,15+/m1/s1. The number of fused-ring (bicyclic) bond motifs is 1. The molecule has 1 N–H and O–H groups in total. The van der Waals surface area contributed by atoms with Gasteiger partial charge in [0.2, 0.25) is 11.8 Å². The van der Waals surface area contributed by atoms with Gasteiger partial charge < -0.3 is 15.0 Å². The van der Waals surface area contributed by atoms with Crippen molar-refractivity contribution in [1.82, 2.24) is 10.2 Å². The van der Waals surface area contributed by atoms with Gasteiger partial charge in [0, 0.05) is 37.4 Å². The second-order valence-corrected chi connectivity index (χ2v) is 7.65. The summed E-state index contributed by atoms with van der Waals surface area (Å²) in [6, 6.07) is 0. The zero-order chi connectivity index (χ0) is 16.0. The van der Waals surface area contributed by atoms with E-state index in [9.17, 15) is 14.0 Å². The van der Waals surface area contributed by atoms with Crippen molar-refractivity contribution in [2.45, 2.75) is 44.4 Å². The molecule has 0 aromatic rings. The molecule has 6 heteroatoms. The number of halogens is 1. The number of hydrogen-bond acceptors (Lipinski definition) is 3. The fraction of sp³-hybridized carbons (Fsp3) is 0.882. The third kappa shape index (κ3) is 3.10. The summed E-state index contributed by atoms with van der Waals surface area (Å²) in [5.74, 6) is 1.20. The molecule has 4 fully saturated rings. The van der Waals surface area contributed by atoms with Gasteiger partial charge >= 0.3 is 0 Å². The highest BCUT2D eigenvalue weighted by atomic mass is 19.1. The molecule has 2 heterocycles. The monoisotopic (exact) mass is 324 g/mol. The van der Waals surface area contributed by atoms with Crippen LogP contribution in [0.4, 0.5) is 4.39 Å². The molecule has 2 aliphatic carbocycles. The van der Waals surface area contributed by atoms with Crippen molar-refractivity contribution in [3.63, 3.8) is 0 Å². The van der Waals surface area contributed by atoms with Gasteiger partial charge in [-0.05, 0) is 38.0 Å². The van der Waals surface area contributed by atoms with Gasteiger partial charge in [0.05, 0.1) is 12.7 Å². The summed E-state index contributed by atoms with van der Waals surface area (Å²) in [6.45, 7) is 2.72. The number of nitrogens with zero attached hydrogens (tertiary/aromatic N) is 1. The number of hydrogen-bond donors (Lipinski definition) is 1. The van der Waals surface area contributed by atoms with E-state index in [1.807, 2.05) is 4.90 Å². The van der Waals surface area contributed by atoms with Crippen molar-refractivity contribution >= 4 is 11.8 Å². The van der Waals surface area contributed by atoms with Gasteiger partial charge in [-0.15, -0.1) is 0 Å². The number of piperidine rings is 1. The molecule has 0 spiro atoms. The largest absolute Gasteiger partial charge is 0.376 e. The predicted octanol–water partition coefficient (Wildman–Crippen LogP) is 1.12. The van der Waals surface area contributed by atoms with E-state index in [1.54, 1.807) is 0 Å². The molecule has 3 atom stereocenters. The Kier molecular flexibility index (Phi) is 4.03. The molecular weight excluding hydrogens is 299 g/mol. The van der Waals surface area contributed by atoms with Crippen LogP contribution in [0.5, 0.6) is 0 Å². The Morgan fingerprint density at radius 1 is 1.17 bits per heavy atom. The topological polar surface area (TPSA) is 58.6 Å². The van der Waals surface area contributed by atoms with Crippen LogP contribution in [-0.2, 0) is 14.3 Å². The van der Waals surface area contributed by atoms with Crippen LogP contribution in [0.15, 0.2) is 0 Å². The number of rotatable bonds is 4. The first-order valence-corrected chi connectivity index (χ1v) is 8.94. The van der Waals surface area contributed by atoms with E-state index in [0.717, 1.165) is 32.4 Å². The number of likely N-dealkylation sites (tertiary alicyclic amines) is 1. The van der Waals surface area contributed by atoms with E-state index in [2.05, 4.69) is 5.32 Å². The van der Waals surface area contributed by atoms with Crippen LogP contribution < -0.4 is 5.32 Å². The Balaban J connectivity index is 1.26. The smallest absolute Gasteiger partial charge is 0.225 e. The summed E-state index contributed by atoms with van der Waals surface area (Å²) in [5, 5.41) is 3.01. The van der Waals surface area contributed by atoms with Crippen molar-refractivity contribution in [3.8, 4) is 0 Å². The summed E-state index contributed by atoms with van der Waals surface area (Å²) in [5.41, 5.74) is 0. The normalized spacial score (nSPS) is 39.5. The molecule has 2 amide bonds. The van der Waals surface area contributed by atoms with Crippen molar-refractivity contribution < 1.29 is 18.7 Å². The van der Waals surface area contributed by atoms with Gasteiger partial charge in [0.25, 0.3) is 0 Å². The first kappa shape index (κ1) is 15.4. The lowest BCUT2D eigenvalue weighted by Crippen LogP contribution is -2.50. The number of alkyl halides is 1. The highest BCUT2D eigenvalue weighted by Crippen LogP contribution is 2.37. The maximum atomic E-state index is 12.9. The molecule has 0 aromatic carbocycles. The molecule has 23 heavy (non-hydrogen) atoms. The first-order valence-electron chi connectivity index (χ1n) is 8.94. The summed E-state index contributed by atoms with van der Waals surface area (Å²) in [7, 11) is 0. The Bertz CT molecular complexity index is 490. The van der Waals surface area contributed by atoms with Gasteiger partial charge in [-0.3, -0.25) is 9.59 Å². The van der Waals surface area contributed by atoms with E-state index in [0.29, 0.717) is 37.8 Å². The van der Waals surface area contributed by atoms with E-state index >= 15 is 0 Å². The van der Waals surface area contributed by atoms with Crippen molar-refractivity contribution in [2.24, 2.45) is 23.7 Å². The van der Waals surface area contributed by atoms with Crippen LogP contribution in [0.3, 0.4) is 0 Å². The highest BCUT2D eigenvalue weighted by molar-refractivity contribution is 5.81. The summed E-state index contributed by atoms with van der Waals surface area (Å²) in [4.78, 5) is 26.0. The lowest BCUT2D eigenvalue weighted by molar-refractivity contribution is -0.142. The molecule has 2 aliphatic heterocycles. The molecule has 0 radical (unpaired) electrons. The predicted molar refractivity (Wildman–Crippen MR) is 81.3 cm³/mol. The number of carbonyl (C=O) groups excluding carboxylic acids is 2. The van der Waals surface area contributed by atoms with E-state index in [4.69, 9.17) is 4.74 Å². The summed E-state index contributed by atoms with van der Waals surface area (Å²) >= 11 is 0. The fourth-order valence-electron chi connectivity index (χ4n) is 4.20. The molecule has 4 aliphatic rings. The van der Waals surface area contributed by atoms with Crippen LogP contribution >= 0.6 is 0 Å². The van der Waals surface area contributed by atoms with Crippen molar-refractivity contribution in [3.05, 3.63) is 0 Å². The zero-order valence-corrected chi connectivity index (χ0v) is 13.4. The van der Waals surface area contributed by atoms with Gasteiger partial charge in [0.15, 0.2) is 0 Å². The molecule has 4 rings (SSSR count). The fourth-order valence-corrected chi connectivity index (χ4v) is 4.20. The highest BCUT2D eigenvalue weighted by Gasteiger charge is 2.44. The average Bonchev–Trinajstić information content (AvgIpc) is 3.30. The SMILES string of the molecule is O=C(NC[C@@H]1OC[C@H]2CN(C(=O)C3CC(F)C3)CC[C@H]21)C1CC1. The van der Waals surface area contributed by atoms with E-state index < -0.39 is 6.17 Å². The number of nitrogens with one attached hydrogen (secondary N) is 1. The minimum atomic E-state index is -0.782. The quantitative estimate of drug-likeness (QED) is 0.843. The van der Waals surface area contributed by atoms with Crippen LogP contribution in [0.1, 0.15) is 32.1 Å².